The molecule has 0 radical (unpaired) electrons. The number of benzene rings is 1. The Morgan fingerprint density at radius 1 is 1.39 bits per heavy atom. The van der Waals surface area contributed by atoms with E-state index in [1.54, 1.807) is 6.92 Å². The molecule has 0 fully saturated rings. The summed E-state index contributed by atoms with van der Waals surface area (Å²) in [7, 11) is 2.07. The molecule has 98 valence electrons. The van der Waals surface area contributed by atoms with Crippen LogP contribution in [0.15, 0.2) is 18.2 Å². The minimum atomic E-state index is 0.261. The van der Waals surface area contributed by atoms with E-state index in [2.05, 4.69) is 30.1 Å². The van der Waals surface area contributed by atoms with E-state index in [0.29, 0.717) is 6.42 Å². The standard InChI is InChI=1S/C15H21NO2/c1-12(17)5-8-16(2)9-6-13-3-4-15-14(11-13)7-10-18-15/h3-4,11H,5-10H2,1-2H3. The van der Waals surface area contributed by atoms with Gasteiger partial charge in [-0.15, -0.1) is 0 Å². The van der Waals surface area contributed by atoms with Gasteiger partial charge in [-0.3, -0.25) is 4.79 Å². The van der Waals surface area contributed by atoms with E-state index in [4.69, 9.17) is 4.74 Å². The molecule has 0 aromatic heterocycles. The summed E-state index contributed by atoms with van der Waals surface area (Å²) in [6.07, 6.45) is 2.71. The predicted molar refractivity (Wildman–Crippen MR) is 72.1 cm³/mol. The second-order valence-electron chi connectivity index (χ2n) is 5.05. The Kier molecular flexibility index (Phi) is 4.37. The summed E-state index contributed by atoms with van der Waals surface area (Å²) >= 11 is 0. The minimum absolute atomic E-state index is 0.261. The van der Waals surface area contributed by atoms with Crippen molar-refractivity contribution < 1.29 is 9.53 Å². The topological polar surface area (TPSA) is 29.5 Å². The van der Waals surface area contributed by atoms with Gasteiger partial charge in [-0.2, -0.15) is 0 Å². The highest BCUT2D eigenvalue weighted by Gasteiger charge is 2.12. The van der Waals surface area contributed by atoms with Crippen LogP contribution in [0.2, 0.25) is 0 Å². The van der Waals surface area contributed by atoms with Crippen molar-refractivity contribution >= 4 is 5.78 Å². The molecule has 0 N–H and O–H groups in total. The predicted octanol–water partition coefficient (Wildman–Crippen LogP) is 2.07. The summed E-state index contributed by atoms with van der Waals surface area (Å²) in [5.41, 5.74) is 2.69. The maximum atomic E-state index is 10.9. The first kappa shape index (κ1) is 13.1. The van der Waals surface area contributed by atoms with Crippen LogP contribution in [-0.2, 0) is 17.6 Å². The molecule has 3 nitrogen and oxygen atoms in total. The van der Waals surface area contributed by atoms with Crippen molar-refractivity contribution in [3.63, 3.8) is 0 Å². The van der Waals surface area contributed by atoms with E-state index in [9.17, 15) is 4.79 Å². The minimum Gasteiger partial charge on any atom is -0.493 e. The average Bonchev–Trinajstić information content (AvgIpc) is 2.81. The number of fused-ring (bicyclic) bond motifs is 1. The molecule has 1 aliphatic heterocycles. The summed E-state index contributed by atoms with van der Waals surface area (Å²) in [4.78, 5) is 13.1. The summed E-state index contributed by atoms with van der Waals surface area (Å²) < 4.78 is 5.50. The van der Waals surface area contributed by atoms with Crippen LogP contribution >= 0.6 is 0 Å². The molecule has 2 rings (SSSR count). The van der Waals surface area contributed by atoms with Gasteiger partial charge in [0.05, 0.1) is 6.61 Å². The fourth-order valence-electron chi connectivity index (χ4n) is 2.18. The van der Waals surface area contributed by atoms with Gasteiger partial charge >= 0.3 is 0 Å². The molecule has 1 aromatic rings. The Hall–Kier alpha value is -1.35. The van der Waals surface area contributed by atoms with Gasteiger partial charge in [0.2, 0.25) is 0 Å². The van der Waals surface area contributed by atoms with Crippen LogP contribution in [0.25, 0.3) is 0 Å². The number of nitrogens with zero attached hydrogens (tertiary/aromatic N) is 1. The number of likely N-dealkylation sites (N-methyl/N-ethyl adjacent to an activating group) is 1. The number of rotatable bonds is 6. The van der Waals surface area contributed by atoms with E-state index in [-0.39, 0.29) is 5.78 Å². The smallest absolute Gasteiger partial charge is 0.131 e. The Morgan fingerprint density at radius 2 is 2.22 bits per heavy atom. The van der Waals surface area contributed by atoms with Crippen molar-refractivity contribution in [1.82, 2.24) is 4.90 Å². The molecule has 0 aliphatic carbocycles. The molecule has 3 heteroatoms. The fraction of sp³-hybridized carbons (Fsp3) is 0.533. The van der Waals surface area contributed by atoms with Gasteiger partial charge in [-0.1, -0.05) is 12.1 Å². The molecule has 0 bridgehead atoms. The van der Waals surface area contributed by atoms with Gasteiger partial charge in [-0.05, 0) is 37.6 Å². The SMILES string of the molecule is CC(=O)CCN(C)CCc1ccc2c(c1)CCO2. The fourth-order valence-corrected chi connectivity index (χ4v) is 2.18. The largest absolute Gasteiger partial charge is 0.493 e. The number of hydrogen-bond donors (Lipinski definition) is 0. The molecule has 1 aromatic carbocycles. The lowest BCUT2D eigenvalue weighted by atomic mass is 10.1. The van der Waals surface area contributed by atoms with Crippen molar-refractivity contribution in [3.8, 4) is 5.75 Å². The zero-order valence-electron chi connectivity index (χ0n) is 11.2. The highest BCUT2D eigenvalue weighted by atomic mass is 16.5. The molecular weight excluding hydrogens is 226 g/mol. The summed E-state index contributed by atoms with van der Waals surface area (Å²) in [6, 6.07) is 6.47. The lowest BCUT2D eigenvalue weighted by molar-refractivity contribution is -0.117. The molecule has 0 amide bonds. The summed E-state index contributed by atoms with van der Waals surface area (Å²) in [5, 5.41) is 0. The number of ether oxygens (including phenoxy) is 1. The third-order valence-electron chi connectivity index (χ3n) is 3.38. The van der Waals surface area contributed by atoms with Crippen molar-refractivity contribution in [2.45, 2.75) is 26.2 Å². The quantitative estimate of drug-likeness (QED) is 0.771. The van der Waals surface area contributed by atoms with Crippen molar-refractivity contribution in [1.29, 1.82) is 0 Å². The number of hydrogen-bond acceptors (Lipinski definition) is 3. The number of ketones is 1. The lowest BCUT2D eigenvalue weighted by Crippen LogP contribution is -2.23. The Labute approximate surface area is 109 Å². The second-order valence-corrected chi connectivity index (χ2v) is 5.05. The maximum absolute atomic E-state index is 10.9. The summed E-state index contributed by atoms with van der Waals surface area (Å²) in [6.45, 7) is 4.31. The number of carbonyl (C=O) groups is 1. The van der Waals surface area contributed by atoms with E-state index >= 15 is 0 Å². The van der Waals surface area contributed by atoms with Crippen molar-refractivity contribution in [3.05, 3.63) is 29.3 Å². The average molecular weight is 247 g/mol. The Balaban J connectivity index is 1.81. The summed E-state index contributed by atoms with van der Waals surface area (Å²) in [5.74, 6) is 1.31. The van der Waals surface area contributed by atoms with Crippen molar-refractivity contribution in [2.24, 2.45) is 0 Å². The van der Waals surface area contributed by atoms with E-state index in [1.165, 1.54) is 11.1 Å². The highest BCUT2D eigenvalue weighted by molar-refractivity contribution is 5.75. The van der Waals surface area contributed by atoms with Crippen LogP contribution in [0.5, 0.6) is 5.75 Å². The van der Waals surface area contributed by atoms with E-state index in [1.807, 2.05) is 0 Å². The monoisotopic (exact) mass is 247 g/mol. The van der Waals surface area contributed by atoms with Crippen LogP contribution in [0, 0.1) is 0 Å². The molecule has 1 heterocycles. The first-order chi connectivity index (χ1) is 8.65. The molecule has 0 unspecified atom stereocenters. The van der Waals surface area contributed by atoms with Gasteiger partial charge in [0.15, 0.2) is 0 Å². The third kappa shape index (κ3) is 3.57. The van der Waals surface area contributed by atoms with Gasteiger partial charge in [0.1, 0.15) is 11.5 Å². The van der Waals surface area contributed by atoms with Gasteiger partial charge < -0.3 is 9.64 Å². The third-order valence-corrected chi connectivity index (χ3v) is 3.38. The number of Topliss-reactive ketones (excluding diaryl/α,β-unsaturated/α-hetero) is 1. The second kappa shape index (κ2) is 6.01. The first-order valence-corrected chi connectivity index (χ1v) is 6.58. The molecular formula is C15H21NO2. The zero-order valence-corrected chi connectivity index (χ0v) is 11.2. The molecule has 0 spiro atoms. The van der Waals surface area contributed by atoms with Gasteiger partial charge in [-0.25, -0.2) is 0 Å². The lowest BCUT2D eigenvalue weighted by Gasteiger charge is -2.15. The highest BCUT2D eigenvalue weighted by Crippen LogP contribution is 2.25. The van der Waals surface area contributed by atoms with E-state index < -0.39 is 0 Å². The Morgan fingerprint density at radius 3 is 3.00 bits per heavy atom. The van der Waals surface area contributed by atoms with Gasteiger partial charge in [0.25, 0.3) is 0 Å². The molecule has 0 saturated carbocycles. The van der Waals surface area contributed by atoms with Crippen LogP contribution in [0.3, 0.4) is 0 Å². The van der Waals surface area contributed by atoms with Crippen LogP contribution in [0.4, 0.5) is 0 Å². The molecule has 18 heavy (non-hydrogen) atoms. The van der Waals surface area contributed by atoms with Crippen LogP contribution < -0.4 is 4.74 Å². The van der Waals surface area contributed by atoms with Gasteiger partial charge in [0, 0.05) is 25.9 Å². The normalized spacial score (nSPS) is 13.5. The van der Waals surface area contributed by atoms with Crippen molar-refractivity contribution in [2.75, 3.05) is 26.7 Å². The Bertz CT molecular complexity index is 429. The maximum Gasteiger partial charge on any atom is 0.131 e. The first-order valence-electron chi connectivity index (χ1n) is 6.58. The zero-order chi connectivity index (χ0) is 13.0. The molecule has 1 aliphatic rings. The van der Waals surface area contributed by atoms with E-state index in [0.717, 1.165) is 38.3 Å². The number of carbonyl (C=O) groups excluding carboxylic acids is 1. The molecule has 0 saturated heterocycles. The molecule has 0 atom stereocenters. The van der Waals surface area contributed by atoms with Crippen LogP contribution in [0.1, 0.15) is 24.5 Å². The van der Waals surface area contributed by atoms with Crippen LogP contribution in [-0.4, -0.2) is 37.4 Å².